The van der Waals surface area contributed by atoms with Crippen LogP contribution in [0.4, 0.5) is 0 Å². The van der Waals surface area contributed by atoms with Gasteiger partial charge in [0.05, 0.1) is 17.5 Å². The first kappa shape index (κ1) is 22.5. The summed E-state index contributed by atoms with van der Waals surface area (Å²) < 4.78 is 5.90. The van der Waals surface area contributed by atoms with Crippen molar-refractivity contribution in [3.05, 3.63) is 36.5 Å². The van der Waals surface area contributed by atoms with E-state index in [1.165, 1.54) is 0 Å². The minimum absolute atomic E-state index is 0.0103. The van der Waals surface area contributed by atoms with E-state index in [0.29, 0.717) is 31.7 Å². The van der Waals surface area contributed by atoms with E-state index in [2.05, 4.69) is 4.98 Å². The predicted molar refractivity (Wildman–Crippen MR) is 119 cm³/mol. The number of rotatable bonds is 7. The third kappa shape index (κ3) is 5.19. The van der Waals surface area contributed by atoms with E-state index >= 15 is 0 Å². The van der Waals surface area contributed by atoms with Crippen LogP contribution in [0.1, 0.15) is 32.1 Å². The molecule has 2 N–H and O–H groups in total. The normalized spacial score (nSPS) is 23.1. The van der Waals surface area contributed by atoms with Gasteiger partial charge in [0.1, 0.15) is 18.5 Å². The first-order chi connectivity index (χ1) is 15.5. The molecule has 3 atom stereocenters. The Labute approximate surface area is 187 Å². The zero-order chi connectivity index (χ0) is 22.5. The number of β-amino-alcohol motifs (C(OH)–C–C–N with tert-alkyl or cyclic N) is 1. The lowest BCUT2D eigenvalue weighted by Gasteiger charge is -2.40. The number of ether oxygens (including phenoxy) is 1. The van der Waals surface area contributed by atoms with Gasteiger partial charge in [0.2, 0.25) is 5.91 Å². The maximum atomic E-state index is 13.2. The topological polar surface area (TPSA) is 103 Å². The van der Waals surface area contributed by atoms with E-state index < -0.39 is 18.0 Å². The predicted octanol–water partition coefficient (Wildman–Crippen LogP) is 2.15. The second kappa shape index (κ2) is 10.3. The Morgan fingerprint density at radius 2 is 2.00 bits per heavy atom. The SMILES string of the molecule is O=C(O)C1CCCN(C(=O)C2CCCCN2CC(O)COc2cccc3ncccc23)C1. The van der Waals surface area contributed by atoms with Crippen LogP contribution in [0.2, 0.25) is 0 Å². The summed E-state index contributed by atoms with van der Waals surface area (Å²) in [6.45, 7) is 2.08. The highest BCUT2D eigenvalue weighted by Crippen LogP contribution is 2.25. The highest BCUT2D eigenvalue weighted by Gasteiger charge is 2.36. The number of aliphatic hydroxyl groups excluding tert-OH is 1. The molecule has 8 nitrogen and oxygen atoms in total. The van der Waals surface area contributed by atoms with Crippen molar-refractivity contribution in [2.75, 3.05) is 32.8 Å². The lowest BCUT2D eigenvalue weighted by molar-refractivity contribution is -0.148. The van der Waals surface area contributed by atoms with Crippen molar-refractivity contribution in [2.45, 2.75) is 44.2 Å². The molecule has 3 heterocycles. The van der Waals surface area contributed by atoms with Crippen molar-refractivity contribution >= 4 is 22.8 Å². The lowest BCUT2D eigenvalue weighted by Crippen LogP contribution is -2.55. The minimum Gasteiger partial charge on any atom is -0.490 e. The summed E-state index contributed by atoms with van der Waals surface area (Å²) in [5, 5.41) is 20.9. The van der Waals surface area contributed by atoms with E-state index in [-0.39, 0.29) is 25.1 Å². The van der Waals surface area contributed by atoms with Crippen LogP contribution in [-0.4, -0.2) is 81.8 Å². The van der Waals surface area contributed by atoms with E-state index in [0.717, 1.165) is 36.7 Å². The highest BCUT2D eigenvalue weighted by molar-refractivity contribution is 5.85. The number of pyridine rings is 1. The van der Waals surface area contributed by atoms with Crippen LogP contribution in [0, 0.1) is 5.92 Å². The molecule has 2 fully saturated rings. The van der Waals surface area contributed by atoms with Crippen molar-refractivity contribution < 1.29 is 24.5 Å². The number of carbonyl (C=O) groups excluding carboxylic acids is 1. The summed E-state index contributed by atoms with van der Waals surface area (Å²) in [4.78, 5) is 32.7. The third-order valence-corrected chi connectivity index (χ3v) is 6.46. The minimum atomic E-state index is -0.834. The second-order valence-electron chi connectivity index (χ2n) is 8.76. The first-order valence-corrected chi connectivity index (χ1v) is 11.4. The summed E-state index contributed by atoms with van der Waals surface area (Å²) >= 11 is 0. The highest BCUT2D eigenvalue weighted by atomic mass is 16.5. The molecule has 172 valence electrons. The average molecular weight is 442 g/mol. The van der Waals surface area contributed by atoms with Crippen LogP contribution in [0.25, 0.3) is 10.9 Å². The van der Waals surface area contributed by atoms with Gasteiger partial charge in [0.15, 0.2) is 0 Å². The van der Waals surface area contributed by atoms with E-state index in [4.69, 9.17) is 4.74 Å². The number of benzene rings is 1. The summed E-state index contributed by atoms with van der Waals surface area (Å²) in [7, 11) is 0. The summed E-state index contributed by atoms with van der Waals surface area (Å²) in [5.41, 5.74) is 0.836. The van der Waals surface area contributed by atoms with Crippen molar-refractivity contribution in [1.82, 2.24) is 14.8 Å². The zero-order valence-electron chi connectivity index (χ0n) is 18.2. The van der Waals surface area contributed by atoms with E-state index in [1.54, 1.807) is 11.1 Å². The molecule has 0 aliphatic carbocycles. The molecular weight excluding hydrogens is 410 g/mol. The average Bonchev–Trinajstić information content (AvgIpc) is 2.82. The van der Waals surface area contributed by atoms with Crippen LogP contribution < -0.4 is 4.74 Å². The lowest BCUT2D eigenvalue weighted by atomic mass is 9.95. The monoisotopic (exact) mass is 441 g/mol. The number of fused-ring (bicyclic) bond motifs is 1. The number of nitrogens with zero attached hydrogens (tertiary/aromatic N) is 3. The molecule has 1 amide bonds. The number of aromatic nitrogens is 1. The first-order valence-electron chi connectivity index (χ1n) is 11.4. The molecule has 32 heavy (non-hydrogen) atoms. The summed E-state index contributed by atoms with van der Waals surface area (Å²) in [5.74, 6) is -0.657. The van der Waals surface area contributed by atoms with Gasteiger partial charge in [-0.1, -0.05) is 12.5 Å². The fourth-order valence-corrected chi connectivity index (χ4v) is 4.79. The Hall–Kier alpha value is -2.71. The van der Waals surface area contributed by atoms with Crippen LogP contribution in [0.15, 0.2) is 36.5 Å². The van der Waals surface area contributed by atoms with Crippen molar-refractivity contribution in [3.63, 3.8) is 0 Å². The largest absolute Gasteiger partial charge is 0.490 e. The molecular formula is C24H31N3O5. The van der Waals surface area contributed by atoms with E-state index in [1.807, 2.05) is 35.2 Å². The van der Waals surface area contributed by atoms with Gasteiger partial charge in [-0.25, -0.2) is 0 Å². The molecule has 4 rings (SSSR count). The number of aliphatic carboxylic acids is 1. The van der Waals surface area contributed by atoms with Crippen molar-refractivity contribution in [1.29, 1.82) is 0 Å². The van der Waals surface area contributed by atoms with Gasteiger partial charge < -0.3 is 19.8 Å². The van der Waals surface area contributed by atoms with E-state index in [9.17, 15) is 19.8 Å². The molecule has 1 aromatic carbocycles. The Morgan fingerprint density at radius 3 is 2.84 bits per heavy atom. The number of carboxylic acid groups (broad SMARTS) is 1. The van der Waals surface area contributed by atoms with Gasteiger partial charge in [-0.3, -0.25) is 19.5 Å². The number of amides is 1. The fraction of sp³-hybridized carbons (Fsp3) is 0.542. The molecule has 2 saturated heterocycles. The molecule has 2 aliphatic rings. The summed E-state index contributed by atoms with van der Waals surface area (Å²) in [6.07, 6.45) is 4.98. The van der Waals surface area contributed by atoms with Gasteiger partial charge >= 0.3 is 5.97 Å². The maximum absolute atomic E-state index is 13.2. The van der Waals surface area contributed by atoms with Crippen LogP contribution >= 0.6 is 0 Å². The Bertz CT molecular complexity index is 947. The number of piperidine rings is 2. The standard InChI is InChI=1S/C24H31N3O5/c28-18(16-32-22-10-3-8-20-19(22)7-4-11-25-20)15-26-12-2-1-9-21(26)23(29)27-13-5-6-17(14-27)24(30)31/h3-4,7-8,10-11,17-18,21,28H,1-2,5-6,9,12-16H2,(H,30,31). The summed E-state index contributed by atoms with van der Waals surface area (Å²) in [6, 6.07) is 9.13. The Balaban J connectivity index is 1.36. The Kier molecular flexibility index (Phi) is 7.22. The smallest absolute Gasteiger partial charge is 0.308 e. The van der Waals surface area contributed by atoms with Gasteiger partial charge in [-0.05, 0) is 56.5 Å². The van der Waals surface area contributed by atoms with Gasteiger partial charge in [0, 0.05) is 31.2 Å². The molecule has 8 heteroatoms. The molecule has 0 radical (unpaired) electrons. The third-order valence-electron chi connectivity index (χ3n) is 6.46. The molecule has 3 unspecified atom stereocenters. The molecule has 0 bridgehead atoms. The molecule has 1 aromatic heterocycles. The van der Waals surface area contributed by atoms with Crippen molar-refractivity contribution in [3.8, 4) is 5.75 Å². The van der Waals surface area contributed by atoms with Crippen LogP contribution in [-0.2, 0) is 9.59 Å². The number of hydrogen-bond donors (Lipinski definition) is 2. The fourth-order valence-electron chi connectivity index (χ4n) is 4.79. The number of hydrogen-bond acceptors (Lipinski definition) is 6. The van der Waals surface area contributed by atoms with Gasteiger partial charge in [0.25, 0.3) is 0 Å². The quantitative estimate of drug-likeness (QED) is 0.679. The second-order valence-corrected chi connectivity index (χ2v) is 8.76. The Morgan fingerprint density at radius 1 is 1.12 bits per heavy atom. The number of likely N-dealkylation sites (tertiary alicyclic amines) is 2. The molecule has 0 saturated carbocycles. The zero-order valence-corrected chi connectivity index (χ0v) is 18.2. The van der Waals surface area contributed by atoms with Crippen molar-refractivity contribution in [2.24, 2.45) is 5.92 Å². The maximum Gasteiger partial charge on any atom is 0.308 e. The molecule has 2 aromatic rings. The van der Waals surface area contributed by atoms with Gasteiger partial charge in [-0.15, -0.1) is 0 Å². The number of carboxylic acids is 1. The van der Waals surface area contributed by atoms with Gasteiger partial charge in [-0.2, -0.15) is 0 Å². The van der Waals surface area contributed by atoms with Crippen LogP contribution in [0.3, 0.4) is 0 Å². The molecule has 2 aliphatic heterocycles. The number of carbonyl (C=O) groups is 2. The molecule has 0 spiro atoms. The van der Waals surface area contributed by atoms with Crippen LogP contribution in [0.5, 0.6) is 5.75 Å². The number of aliphatic hydroxyl groups is 1.